The number of carbonyl (C=O) groups excluding carboxylic acids is 2. The van der Waals surface area contributed by atoms with Crippen molar-refractivity contribution in [1.29, 1.82) is 0 Å². The molecule has 3 rings (SSSR count). The topological polar surface area (TPSA) is 108 Å². The van der Waals surface area contributed by atoms with E-state index in [0.29, 0.717) is 31.7 Å². The van der Waals surface area contributed by atoms with Crippen molar-refractivity contribution in [1.82, 2.24) is 10.3 Å². The monoisotopic (exact) mass is 578 g/mol. The lowest BCUT2D eigenvalue weighted by Crippen LogP contribution is -2.42. The van der Waals surface area contributed by atoms with Gasteiger partial charge in [-0.05, 0) is 71.4 Å². The Kier molecular flexibility index (Phi) is 9.59. The second kappa shape index (κ2) is 12.2. The molecule has 1 aromatic heterocycles. The van der Waals surface area contributed by atoms with Crippen molar-refractivity contribution in [2.24, 2.45) is 5.92 Å². The number of hydrogen-bond acceptors (Lipinski definition) is 6. The lowest BCUT2D eigenvalue weighted by atomic mass is 9.92. The summed E-state index contributed by atoms with van der Waals surface area (Å²) in [5.74, 6) is -3.15. The Morgan fingerprint density at radius 1 is 1.10 bits per heavy atom. The summed E-state index contributed by atoms with van der Waals surface area (Å²) in [4.78, 5) is 32.0. The van der Waals surface area contributed by atoms with Crippen LogP contribution in [0.5, 0.6) is 0 Å². The first-order chi connectivity index (χ1) is 18.4. The predicted octanol–water partition coefficient (Wildman–Crippen LogP) is 5.19. The number of allylic oxidation sites excluding steroid dienone is 5. The number of nitrogens with zero attached hydrogens (tertiary/aromatic N) is 2. The number of hydrogen-bond donors (Lipinski definition) is 2. The Hall–Kier alpha value is -3.08. The van der Waals surface area contributed by atoms with Crippen molar-refractivity contribution in [3.05, 3.63) is 47.2 Å². The molecule has 220 valence electrons. The summed E-state index contributed by atoms with van der Waals surface area (Å²) in [7, 11) is -3.62. The van der Waals surface area contributed by atoms with Gasteiger partial charge in [-0.15, -0.1) is 0 Å². The number of nitrogens with one attached hydrogen (secondary N) is 2. The van der Waals surface area contributed by atoms with Gasteiger partial charge in [-0.25, -0.2) is 22.2 Å². The van der Waals surface area contributed by atoms with Gasteiger partial charge in [0.05, 0.1) is 10.6 Å². The molecule has 1 aromatic rings. The molecular formula is C29H40F2N4O4S. The van der Waals surface area contributed by atoms with Crippen molar-refractivity contribution in [3.63, 3.8) is 0 Å². The summed E-state index contributed by atoms with van der Waals surface area (Å²) in [6, 6.07) is 1.36. The molecule has 0 radical (unpaired) electrons. The van der Waals surface area contributed by atoms with Crippen LogP contribution >= 0.6 is 0 Å². The van der Waals surface area contributed by atoms with Crippen molar-refractivity contribution < 1.29 is 26.8 Å². The molecule has 0 unspecified atom stereocenters. The average molecular weight is 579 g/mol. The van der Waals surface area contributed by atoms with E-state index in [2.05, 4.69) is 15.6 Å². The molecule has 2 aliphatic rings. The number of rotatable bonds is 7. The summed E-state index contributed by atoms with van der Waals surface area (Å²) >= 11 is 0. The maximum Gasteiger partial charge on any atom is 0.270 e. The zero-order chi connectivity index (χ0) is 29.9. The Morgan fingerprint density at radius 2 is 1.75 bits per heavy atom. The maximum atomic E-state index is 14.2. The van der Waals surface area contributed by atoms with Gasteiger partial charge in [-0.2, -0.15) is 0 Å². The van der Waals surface area contributed by atoms with E-state index >= 15 is 0 Å². The molecule has 1 saturated heterocycles. The van der Waals surface area contributed by atoms with Crippen LogP contribution in [0.25, 0.3) is 0 Å². The summed E-state index contributed by atoms with van der Waals surface area (Å²) in [6.45, 7) is 9.52. The predicted molar refractivity (Wildman–Crippen MR) is 153 cm³/mol. The summed E-state index contributed by atoms with van der Waals surface area (Å²) < 4.78 is 53.0. The summed E-state index contributed by atoms with van der Waals surface area (Å²) in [5, 5.41) is 5.75. The van der Waals surface area contributed by atoms with E-state index in [-0.39, 0.29) is 45.5 Å². The van der Waals surface area contributed by atoms with Gasteiger partial charge in [0.15, 0.2) is 15.7 Å². The van der Waals surface area contributed by atoms with E-state index in [9.17, 15) is 26.8 Å². The number of amides is 2. The van der Waals surface area contributed by atoms with E-state index in [1.165, 1.54) is 24.4 Å². The number of alkyl halides is 2. The van der Waals surface area contributed by atoms with Crippen LogP contribution in [0, 0.1) is 5.92 Å². The van der Waals surface area contributed by atoms with Crippen LogP contribution in [-0.2, 0) is 19.4 Å². The number of piperidine rings is 1. The number of carbonyl (C=O) groups is 2. The highest BCUT2D eigenvalue weighted by atomic mass is 32.2. The highest BCUT2D eigenvalue weighted by Crippen LogP contribution is 2.33. The van der Waals surface area contributed by atoms with Crippen LogP contribution in [0.1, 0.15) is 66.7 Å². The summed E-state index contributed by atoms with van der Waals surface area (Å²) in [5.41, 5.74) is 0.638. The molecular weight excluding hydrogens is 538 g/mol. The second-order valence-corrected chi connectivity index (χ2v) is 13.9. The first kappa shape index (κ1) is 31.4. The summed E-state index contributed by atoms with van der Waals surface area (Å²) in [6.07, 6.45) is 9.09. The van der Waals surface area contributed by atoms with E-state index in [1.54, 1.807) is 6.08 Å². The molecule has 0 saturated carbocycles. The fourth-order valence-electron chi connectivity index (χ4n) is 4.68. The molecule has 2 amide bonds. The van der Waals surface area contributed by atoms with Gasteiger partial charge in [0.1, 0.15) is 0 Å². The fraction of sp³-hybridized carbons (Fsp3) is 0.552. The fourth-order valence-corrected chi connectivity index (χ4v) is 5.25. The number of sulfone groups is 1. The Labute approximate surface area is 235 Å². The zero-order valence-electron chi connectivity index (χ0n) is 24.1. The third-order valence-corrected chi connectivity index (χ3v) is 7.96. The first-order valence-electron chi connectivity index (χ1n) is 13.5. The van der Waals surface area contributed by atoms with Gasteiger partial charge in [0.25, 0.3) is 11.8 Å². The molecule has 0 spiro atoms. The smallest absolute Gasteiger partial charge is 0.270 e. The first-order valence-corrected chi connectivity index (χ1v) is 15.4. The molecule has 1 aliphatic heterocycles. The third-order valence-electron chi connectivity index (χ3n) is 6.88. The van der Waals surface area contributed by atoms with Crippen molar-refractivity contribution in [2.75, 3.05) is 29.6 Å². The van der Waals surface area contributed by atoms with Gasteiger partial charge >= 0.3 is 0 Å². The van der Waals surface area contributed by atoms with E-state index < -0.39 is 21.7 Å². The van der Waals surface area contributed by atoms with Gasteiger partial charge in [0.2, 0.25) is 5.91 Å². The van der Waals surface area contributed by atoms with Crippen LogP contribution < -0.4 is 15.5 Å². The molecule has 2 heterocycles. The molecule has 0 aromatic carbocycles. The largest absolute Gasteiger partial charge is 0.355 e. The second-order valence-electron chi connectivity index (χ2n) is 11.9. The minimum Gasteiger partial charge on any atom is -0.355 e. The van der Waals surface area contributed by atoms with Crippen molar-refractivity contribution in [3.8, 4) is 0 Å². The van der Waals surface area contributed by atoms with Crippen LogP contribution in [-0.4, -0.2) is 56.0 Å². The van der Waals surface area contributed by atoms with Crippen molar-refractivity contribution in [2.45, 2.75) is 83.1 Å². The van der Waals surface area contributed by atoms with Crippen LogP contribution in [0.4, 0.5) is 20.3 Å². The standard InChI is InChI=1S/C29H40F2N4O4S/c1-19-7-9-21(16-22(10-8-19)29(5,30)31)27(37)33-24-17-23(40(6,38)39)18-32-26(24)35-13-11-20(12-14-35)15-25(36)34-28(2,3)4/h8,10,16-18,20H,7,9,11-15H2,1-6H3,(H,33,37)(H,34,36). The van der Waals surface area contributed by atoms with Gasteiger partial charge in [-0.3, -0.25) is 9.59 Å². The molecule has 40 heavy (non-hydrogen) atoms. The highest BCUT2D eigenvalue weighted by molar-refractivity contribution is 7.90. The Morgan fingerprint density at radius 3 is 2.33 bits per heavy atom. The number of aromatic nitrogens is 1. The maximum absolute atomic E-state index is 14.2. The lowest BCUT2D eigenvalue weighted by molar-refractivity contribution is -0.123. The van der Waals surface area contributed by atoms with E-state index in [4.69, 9.17) is 0 Å². The molecule has 0 bridgehead atoms. The molecule has 2 N–H and O–H groups in total. The van der Waals surface area contributed by atoms with E-state index in [1.807, 2.05) is 32.6 Å². The Balaban J connectivity index is 1.84. The molecule has 1 fully saturated rings. The van der Waals surface area contributed by atoms with Crippen LogP contribution in [0.3, 0.4) is 0 Å². The zero-order valence-corrected chi connectivity index (χ0v) is 24.9. The van der Waals surface area contributed by atoms with Gasteiger partial charge in [0, 0.05) is 55.6 Å². The van der Waals surface area contributed by atoms with Crippen molar-refractivity contribution >= 4 is 33.2 Å². The molecule has 11 heteroatoms. The SMILES string of the molecule is CC1=CC=C(C(C)(F)F)C=C(C(=O)Nc2cc(S(C)(=O)=O)cnc2N2CCC(CC(=O)NC(C)(C)C)CC2)CC1. The molecule has 0 atom stereocenters. The molecule has 1 aliphatic carbocycles. The average Bonchev–Trinajstić information content (AvgIpc) is 2.79. The minimum atomic E-state index is -3.62. The quantitative estimate of drug-likeness (QED) is 0.461. The number of anilines is 2. The van der Waals surface area contributed by atoms with Crippen LogP contribution in [0.2, 0.25) is 0 Å². The number of pyridine rings is 1. The normalized spacial score (nSPS) is 17.7. The van der Waals surface area contributed by atoms with Gasteiger partial charge < -0.3 is 15.5 Å². The third kappa shape index (κ3) is 8.97. The van der Waals surface area contributed by atoms with E-state index in [0.717, 1.165) is 31.6 Å². The Bertz CT molecular complexity index is 1330. The number of halogens is 2. The lowest BCUT2D eigenvalue weighted by Gasteiger charge is -2.34. The highest BCUT2D eigenvalue weighted by Gasteiger charge is 2.29. The molecule has 8 nitrogen and oxygen atoms in total. The minimum absolute atomic E-state index is 0.00170. The van der Waals surface area contributed by atoms with Gasteiger partial charge in [-0.1, -0.05) is 17.7 Å². The van der Waals surface area contributed by atoms with Crippen LogP contribution in [0.15, 0.2) is 52.1 Å².